The number of nitrogens with two attached hydrogens (primary N) is 2. The lowest BCUT2D eigenvalue weighted by Gasteiger charge is -2.35. The zero-order valence-corrected chi connectivity index (χ0v) is 21.6. The van der Waals surface area contributed by atoms with E-state index in [0.717, 1.165) is 51.3 Å². The lowest BCUT2D eigenvalue weighted by atomic mass is 10.0. The van der Waals surface area contributed by atoms with Crippen molar-refractivity contribution >= 4 is 23.2 Å². The van der Waals surface area contributed by atoms with Crippen LogP contribution in [0, 0.1) is 5.82 Å². The maximum atomic E-state index is 14.0. The molecule has 7 nitrogen and oxygen atoms in total. The number of hydrogen-bond acceptors (Lipinski definition) is 7. The molecule has 34 heavy (non-hydrogen) atoms. The predicted molar refractivity (Wildman–Crippen MR) is 137 cm³/mol. The van der Waals surface area contributed by atoms with Crippen molar-refractivity contribution in [2.45, 2.75) is 51.7 Å². The summed E-state index contributed by atoms with van der Waals surface area (Å²) < 4.78 is 19.5. The Balaban J connectivity index is 1.73. The van der Waals surface area contributed by atoms with Crippen molar-refractivity contribution in [2.75, 3.05) is 39.4 Å². The summed E-state index contributed by atoms with van der Waals surface area (Å²) >= 11 is 12.5. The average Bonchev–Trinajstić information content (AvgIpc) is 2.82. The molecule has 10 heteroatoms. The molecule has 0 saturated carbocycles. The van der Waals surface area contributed by atoms with Gasteiger partial charge in [-0.1, -0.05) is 36.5 Å². The maximum absolute atomic E-state index is 14.0. The molecule has 0 aliphatic carbocycles. The zero-order valence-electron chi connectivity index (χ0n) is 20.0. The lowest BCUT2D eigenvalue weighted by Crippen LogP contribution is -2.46. The van der Waals surface area contributed by atoms with Gasteiger partial charge in [0, 0.05) is 61.5 Å². The minimum Gasteiger partial charge on any atom is -0.385 e. The number of rotatable bonds is 10. The topological polar surface area (TPSA) is 91.8 Å². The number of morpholine rings is 1. The molecule has 2 aliphatic rings. The molecule has 6 N–H and O–H groups in total. The summed E-state index contributed by atoms with van der Waals surface area (Å²) in [6, 6.07) is 3.45. The van der Waals surface area contributed by atoms with Crippen molar-refractivity contribution in [2.24, 2.45) is 11.5 Å². The Bertz CT molecular complexity index is 890. The molecule has 2 heterocycles. The largest absolute Gasteiger partial charge is 0.385 e. The SMILES string of the molecule is CCCC(CC(C)N1CCOCC1)N/C(N)=C/C1=C(N)NCCN1Cc1c(Cl)ccc(F)c1Cl. The van der Waals surface area contributed by atoms with Crippen molar-refractivity contribution in [3.05, 3.63) is 57.0 Å². The number of benzene rings is 1. The van der Waals surface area contributed by atoms with Crippen molar-refractivity contribution < 1.29 is 9.13 Å². The summed E-state index contributed by atoms with van der Waals surface area (Å²) in [5.41, 5.74) is 14.0. The molecule has 0 aromatic heterocycles. The number of allylic oxidation sites excluding steroid dienone is 1. The van der Waals surface area contributed by atoms with Crippen LogP contribution in [0.3, 0.4) is 0 Å². The van der Waals surface area contributed by atoms with Crippen molar-refractivity contribution in [3.63, 3.8) is 0 Å². The van der Waals surface area contributed by atoms with Gasteiger partial charge in [-0.3, -0.25) is 4.90 Å². The van der Waals surface area contributed by atoms with Crippen LogP contribution in [0.5, 0.6) is 0 Å². The first kappa shape index (κ1) is 26.7. The molecule has 190 valence electrons. The second-order valence-electron chi connectivity index (χ2n) is 8.93. The molecule has 1 saturated heterocycles. The maximum Gasteiger partial charge on any atom is 0.142 e. The van der Waals surface area contributed by atoms with E-state index in [9.17, 15) is 4.39 Å². The van der Waals surface area contributed by atoms with E-state index < -0.39 is 5.82 Å². The number of nitrogens with zero attached hydrogens (tertiary/aromatic N) is 2. The molecule has 2 unspecified atom stereocenters. The molecule has 1 fully saturated rings. The van der Waals surface area contributed by atoms with E-state index in [4.69, 9.17) is 39.4 Å². The number of nitrogens with one attached hydrogen (secondary N) is 2. The van der Waals surface area contributed by atoms with Crippen molar-refractivity contribution in [3.8, 4) is 0 Å². The van der Waals surface area contributed by atoms with Crippen LogP contribution in [-0.4, -0.2) is 61.3 Å². The Kier molecular flexibility index (Phi) is 10.0. The highest BCUT2D eigenvalue weighted by atomic mass is 35.5. The molecule has 0 spiro atoms. The fraction of sp³-hybridized carbons (Fsp3) is 0.583. The second-order valence-corrected chi connectivity index (χ2v) is 9.72. The van der Waals surface area contributed by atoms with Crippen molar-refractivity contribution in [1.82, 2.24) is 20.4 Å². The van der Waals surface area contributed by atoms with Gasteiger partial charge in [-0.25, -0.2) is 4.39 Å². The highest BCUT2D eigenvalue weighted by molar-refractivity contribution is 6.36. The van der Waals surface area contributed by atoms with Crippen LogP contribution in [0.2, 0.25) is 10.0 Å². The van der Waals surface area contributed by atoms with Gasteiger partial charge in [-0.2, -0.15) is 0 Å². The fourth-order valence-corrected chi connectivity index (χ4v) is 5.04. The Morgan fingerprint density at radius 3 is 2.74 bits per heavy atom. The fourth-order valence-electron chi connectivity index (χ4n) is 4.55. The molecule has 0 amide bonds. The summed E-state index contributed by atoms with van der Waals surface area (Å²) in [6.07, 6.45) is 4.88. The number of halogens is 3. The van der Waals surface area contributed by atoms with Gasteiger partial charge in [0.05, 0.1) is 29.8 Å². The van der Waals surface area contributed by atoms with Crippen LogP contribution >= 0.6 is 23.2 Å². The van der Waals surface area contributed by atoms with Crippen LogP contribution in [0.4, 0.5) is 4.39 Å². The number of ether oxygens (including phenoxy) is 1. The molecule has 1 aromatic rings. The Morgan fingerprint density at radius 1 is 1.29 bits per heavy atom. The van der Waals surface area contributed by atoms with Crippen LogP contribution in [0.1, 0.15) is 38.7 Å². The molecule has 0 bridgehead atoms. The first-order chi connectivity index (χ1) is 16.3. The molecular weight excluding hydrogens is 478 g/mol. The predicted octanol–water partition coefficient (Wildman–Crippen LogP) is 3.33. The molecular formula is C24H37Cl2FN6O. The molecule has 1 aromatic carbocycles. The summed E-state index contributed by atoms with van der Waals surface area (Å²) in [5.74, 6) is 0.548. The van der Waals surface area contributed by atoms with Gasteiger partial charge in [-0.15, -0.1) is 0 Å². The van der Waals surface area contributed by atoms with Gasteiger partial charge in [0.15, 0.2) is 0 Å². The van der Waals surface area contributed by atoms with Gasteiger partial charge in [0.1, 0.15) is 11.6 Å². The Hall–Kier alpha value is -1.87. The first-order valence-electron chi connectivity index (χ1n) is 12.0. The van der Waals surface area contributed by atoms with E-state index in [1.165, 1.54) is 12.1 Å². The van der Waals surface area contributed by atoms with Crippen LogP contribution in [0.15, 0.2) is 35.5 Å². The first-order valence-corrected chi connectivity index (χ1v) is 12.7. The summed E-state index contributed by atoms with van der Waals surface area (Å²) in [5, 5.41) is 7.12. The summed E-state index contributed by atoms with van der Waals surface area (Å²) in [6.45, 7) is 9.54. The minimum atomic E-state index is -0.497. The Labute approximate surface area is 212 Å². The highest BCUT2D eigenvalue weighted by Gasteiger charge is 2.23. The average molecular weight is 516 g/mol. The van der Waals surface area contributed by atoms with E-state index in [1.54, 1.807) is 0 Å². The molecule has 3 rings (SSSR count). The number of hydrogen-bond donors (Lipinski definition) is 4. The van der Waals surface area contributed by atoms with E-state index in [1.807, 2.05) is 11.0 Å². The van der Waals surface area contributed by atoms with E-state index in [-0.39, 0.29) is 11.1 Å². The van der Waals surface area contributed by atoms with Gasteiger partial charge < -0.3 is 31.7 Å². The Morgan fingerprint density at radius 2 is 2.03 bits per heavy atom. The van der Waals surface area contributed by atoms with E-state index in [0.29, 0.717) is 47.9 Å². The van der Waals surface area contributed by atoms with Crippen molar-refractivity contribution in [1.29, 1.82) is 0 Å². The second kappa shape index (κ2) is 12.7. The van der Waals surface area contributed by atoms with Crippen LogP contribution in [-0.2, 0) is 11.3 Å². The molecule has 2 aliphatic heterocycles. The lowest BCUT2D eigenvalue weighted by molar-refractivity contribution is 0.0166. The molecule has 0 radical (unpaired) electrons. The van der Waals surface area contributed by atoms with Gasteiger partial charge >= 0.3 is 0 Å². The monoisotopic (exact) mass is 514 g/mol. The highest BCUT2D eigenvalue weighted by Crippen LogP contribution is 2.30. The van der Waals surface area contributed by atoms with Crippen LogP contribution < -0.4 is 22.1 Å². The van der Waals surface area contributed by atoms with Gasteiger partial charge in [-0.05, 0) is 31.9 Å². The van der Waals surface area contributed by atoms with Crippen LogP contribution in [0.25, 0.3) is 0 Å². The van der Waals surface area contributed by atoms with E-state index in [2.05, 4.69) is 29.4 Å². The third-order valence-electron chi connectivity index (χ3n) is 6.40. The van der Waals surface area contributed by atoms with Gasteiger partial charge in [0.25, 0.3) is 0 Å². The standard InChI is InChI=1S/C24H37Cl2FN6O/c1-3-4-17(13-16(2)32-9-11-34-12-10-32)31-22(28)14-21-24(29)30-7-8-33(21)15-18-19(25)5-6-20(27)23(18)26/h5-6,14,16-17,30-31H,3-4,7-13,15,28-29H2,1-2H3/b22-14+. The normalized spacial score (nSPS) is 19.7. The summed E-state index contributed by atoms with van der Waals surface area (Å²) in [4.78, 5) is 4.48. The quantitative estimate of drug-likeness (QED) is 0.356. The third-order valence-corrected chi connectivity index (χ3v) is 7.16. The smallest absolute Gasteiger partial charge is 0.142 e. The van der Waals surface area contributed by atoms with Gasteiger partial charge in [0.2, 0.25) is 0 Å². The zero-order chi connectivity index (χ0) is 24.7. The summed E-state index contributed by atoms with van der Waals surface area (Å²) in [7, 11) is 0. The van der Waals surface area contributed by atoms with E-state index >= 15 is 0 Å². The molecule has 2 atom stereocenters. The third kappa shape index (κ3) is 7.07. The minimum absolute atomic E-state index is 0.0270.